The van der Waals surface area contributed by atoms with Crippen molar-refractivity contribution in [1.29, 1.82) is 0 Å². The van der Waals surface area contributed by atoms with Crippen LogP contribution in [0.15, 0.2) is 0 Å². The monoisotopic (exact) mass is 508 g/mol. The van der Waals surface area contributed by atoms with Gasteiger partial charge >= 0.3 is 0 Å². The molecule has 0 heterocycles. The standard InChI is InChI=1S/3H2O4S.2H2O.W/c3*1-5(2,3)4;;;/h3*(H2,1,2,3,4);2*1H2;/p-6. The second kappa shape index (κ2) is 13.6. The third-order valence-corrected chi connectivity index (χ3v) is 0. The van der Waals surface area contributed by atoms with Crippen molar-refractivity contribution in [2.75, 3.05) is 0 Å². The molecule has 0 bridgehead atoms. The van der Waals surface area contributed by atoms with Crippen LogP contribution in [0.5, 0.6) is 0 Å². The van der Waals surface area contributed by atoms with Gasteiger partial charge in [0.2, 0.25) is 0 Å². The van der Waals surface area contributed by atoms with Gasteiger partial charge in [0.15, 0.2) is 0 Å². The number of hydrogen-bond donors (Lipinski definition) is 0. The van der Waals surface area contributed by atoms with E-state index in [9.17, 15) is 0 Å². The second-order valence-corrected chi connectivity index (χ2v) is 3.67. The predicted molar refractivity (Wildman–Crippen MR) is 38.7 cm³/mol. The van der Waals surface area contributed by atoms with Crippen molar-refractivity contribution < 1.29 is 84.6 Å². The Morgan fingerprint density at radius 1 is 0.444 bits per heavy atom. The van der Waals surface area contributed by atoms with E-state index in [2.05, 4.69) is 0 Å². The fraction of sp³-hybridized carbons (Fsp3) is 0. The summed E-state index contributed by atoms with van der Waals surface area (Å²) in [5.74, 6) is 0. The van der Waals surface area contributed by atoms with Gasteiger partial charge in [-0.25, -0.2) is 0 Å². The van der Waals surface area contributed by atoms with Crippen molar-refractivity contribution in [3.8, 4) is 0 Å². The summed E-state index contributed by atoms with van der Waals surface area (Å²) in [6.45, 7) is 0. The zero-order valence-corrected chi connectivity index (χ0v) is 12.9. The van der Waals surface area contributed by atoms with Crippen LogP contribution >= 0.6 is 0 Å². The summed E-state index contributed by atoms with van der Waals surface area (Å²) in [6.07, 6.45) is 0. The van der Waals surface area contributed by atoms with Crippen LogP contribution < -0.4 is 0 Å². The van der Waals surface area contributed by atoms with Gasteiger partial charge < -0.3 is 38.3 Å². The molecule has 18 heavy (non-hydrogen) atoms. The second-order valence-electron chi connectivity index (χ2n) is 1.22. The minimum Gasteiger partial charge on any atom is -0.759 e. The van der Waals surface area contributed by atoms with Crippen LogP contribution in [0.2, 0.25) is 0 Å². The van der Waals surface area contributed by atoms with E-state index in [0.717, 1.165) is 0 Å². The molecule has 0 spiro atoms. The largest absolute Gasteiger partial charge is 0.759 e. The van der Waals surface area contributed by atoms with Crippen LogP contribution in [0.3, 0.4) is 0 Å². The van der Waals surface area contributed by atoms with Crippen molar-refractivity contribution in [3.05, 3.63) is 0 Å². The van der Waals surface area contributed by atoms with Gasteiger partial charge in [-0.15, -0.1) is 0 Å². The number of hydrogen-bond acceptors (Lipinski definition) is 12. The van der Waals surface area contributed by atoms with Gasteiger partial charge in [-0.2, -0.15) is 0 Å². The maximum Gasteiger partial charge on any atom is 0.0311 e. The molecule has 0 aromatic carbocycles. The molecule has 0 atom stereocenters. The summed E-state index contributed by atoms with van der Waals surface area (Å²) in [5.41, 5.74) is 0. The molecule has 0 fully saturated rings. The Balaban J connectivity index is -0.0000000277. The molecule has 0 aliphatic carbocycles. The third-order valence-electron chi connectivity index (χ3n) is 0. The molecule has 0 amide bonds. The molecule has 0 rings (SSSR count). The van der Waals surface area contributed by atoms with E-state index < -0.39 is 31.2 Å². The molecule has 0 saturated carbocycles. The molecule has 0 aliphatic rings. The van der Waals surface area contributed by atoms with Crippen molar-refractivity contribution in [1.82, 2.24) is 0 Å². The van der Waals surface area contributed by atoms with Crippen molar-refractivity contribution in [2.45, 2.75) is 0 Å². The van der Waals surface area contributed by atoms with E-state index in [1.54, 1.807) is 0 Å². The minimum atomic E-state index is -5.17. The fourth-order valence-corrected chi connectivity index (χ4v) is 0. The average molecular weight is 508 g/mol. The summed E-state index contributed by atoms with van der Waals surface area (Å²) < 4.78 is 102. The van der Waals surface area contributed by atoms with Gasteiger partial charge in [0.1, 0.15) is 0 Å². The molecule has 0 unspecified atom stereocenters. The topological polar surface area (TPSA) is 304 Å². The first-order chi connectivity index (χ1) is 6.00. The maximum absolute atomic E-state index is 8.52. The summed E-state index contributed by atoms with van der Waals surface area (Å²) in [6, 6.07) is 0. The molecule has 0 saturated heterocycles. The van der Waals surface area contributed by atoms with Crippen LogP contribution in [0, 0.1) is 0 Å². The van der Waals surface area contributed by atoms with Crippen LogP contribution in [-0.4, -0.2) is 63.5 Å². The number of rotatable bonds is 0. The third kappa shape index (κ3) is 78800. The summed E-state index contributed by atoms with van der Waals surface area (Å²) in [7, 11) is -15.5. The Hall–Kier alpha value is 0.218. The van der Waals surface area contributed by atoms with E-state index in [4.69, 9.17) is 52.6 Å². The smallest absolute Gasteiger partial charge is 0.0311 e. The summed E-state index contributed by atoms with van der Waals surface area (Å²) in [5, 5.41) is 0. The molecule has 0 radical (unpaired) electrons. The van der Waals surface area contributed by atoms with Gasteiger partial charge in [-0.05, 0) is 0 Å². The molecule has 0 aromatic heterocycles. The van der Waals surface area contributed by atoms with Gasteiger partial charge in [0.25, 0.3) is 0 Å². The van der Waals surface area contributed by atoms with Gasteiger partial charge in [-0.1, -0.05) is 0 Å². The molecule has 18 heteroatoms. The van der Waals surface area contributed by atoms with Crippen LogP contribution in [0.1, 0.15) is 0 Å². The Morgan fingerprint density at radius 2 is 0.444 bits per heavy atom. The molecule has 118 valence electrons. The van der Waals surface area contributed by atoms with E-state index in [1.807, 2.05) is 0 Å². The first-order valence-electron chi connectivity index (χ1n) is 2.00. The normalized spacial score (nSPS) is 9.67. The quantitative estimate of drug-likeness (QED) is 0.218. The van der Waals surface area contributed by atoms with Crippen molar-refractivity contribution >= 4 is 31.2 Å². The SMILES string of the molecule is O.O.O=S(=O)([O-])[O-].O=S(=O)([O-])[O-].O=S(=O)([O-])[O-].[W]. The van der Waals surface area contributed by atoms with Crippen molar-refractivity contribution in [3.63, 3.8) is 0 Å². The molecule has 4 N–H and O–H groups in total. The zero-order valence-electron chi connectivity index (χ0n) is 7.53. The van der Waals surface area contributed by atoms with Gasteiger partial charge in [-0.3, -0.25) is 25.3 Å². The zero-order chi connectivity index (χ0) is 13.5. The minimum absolute atomic E-state index is 0. The summed E-state index contributed by atoms with van der Waals surface area (Å²) in [4.78, 5) is 0. The van der Waals surface area contributed by atoms with Crippen molar-refractivity contribution in [2.24, 2.45) is 0 Å². The Kier molecular flexibility index (Phi) is 27.4. The average Bonchev–Trinajstić information content (AvgIpc) is 1.41. The van der Waals surface area contributed by atoms with Gasteiger partial charge in [0.05, 0.1) is 0 Å². The van der Waals surface area contributed by atoms with E-state index in [0.29, 0.717) is 0 Å². The Labute approximate surface area is 116 Å². The summed E-state index contributed by atoms with van der Waals surface area (Å²) >= 11 is 0. The Bertz CT molecular complexity index is 338. The molecular weight excluding hydrogens is 504 g/mol. The molecule has 0 aliphatic heterocycles. The predicted octanol–water partition coefficient (Wildman–Crippen LogP) is -5.67. The first kappa shape index (κ1) is 36.2. The fourth-order valence-electron chi connectivity index (χ4n) is 0. The van der Waals surface area contributed by atoms with Gasteiger partial charge in [0, 0.05) is 52.3 Å². The van der Waals surface area contributed by atoms with E-state index >= 15 is 0 Å². The van der Waals surface area contributed by atoms with Crippen LogP contribution in [0.25, 0.3) is 0 Å². The molecule has 0 aromatic rings. The molecular formula is H4O14S3W-6. The van der Waals surface area contributed by atoms with Crippen LogP contribution in [0.4, 0.5) is 0 Å². The first-order valence-corrected chi connectivity index (χ1v) is 6.00. The van der Waals surface area contributed by atoms with Crippen LogP contribution in [-0.2, 0) is 52.3 Å². The Morgan fingerprint density at radius 3 is 0.444 bits per heavy atom. The molecule has 14 nitrogen and oxygen atoms in total. The van der Waals surface area contributed by atoms with E-state index in [1.165, 1.54) is 0 Å². The van der Waals surface area contributed by atoms with E-state index in [-0.39, 0.29) is 32.0 Å². The maximum atomic E-state index is 8.52.